The summed E-state index contributed by atoms with van der Waals surface area (Å²) in [5, 5.41) is 5.94. The fourth-order valence-electron chi connectivity index (χ4n) is 2.75. The maximum Gasteiger partial charge on any atom is 0.389 e. The second-order valence-electron chi connectivity index (χ2n) is 4.90. The zero-order chi connectivity index (χ0) is 12.5. The number of fused-ring (bicyclic) bond motifs is 2. The molecule has 2 heterocycles. The van der Waals surface area contributed by atoms with Gasteiger partial charge < -0.3 is 10.6 Å². The largest absolute Gasteiger partial charge is 0.389 e. The van der Waals surface area contributed by atoms with Crippen LogP contribution >= 0.6 is 0 Å². The molecule has 17 heavy (non-hydrogen) atoms. The predicted molar refractivity (Wildman–Crippen MR) is 56.4 cm³/mol. The third-order valence-electron chi connectivity index (χ3n) is 3.57. The monoisotopic (exact) mass is 250 g/mol. The summed E-state index contributed by atoms with van der Waals surface area (Å²) in [6, 6.07) is 0.675. The Hall–Kier alpha value is -0.780. The highest BCUT2D eigenvalue weighted by molar-refractivity contribution is 5.80. The van der Waals surface area contributed by atoms with Crippen LogP contribution in [0.5, 0.6) is 0 Å². The summed E-state index contributed by atoms with van der Waals surface area (Å²) in [4.78, 5) is 11.7. The molecule has 0 aromatic heterocycles. The molecule has 3 nitrogen and oxygen atoms in total. The van der Waals surface area contributed by atoms with E-state index in [4.69, 9.17) is 0 Å². The van der Waals surface area contributed by atoms with E-state index in [-0.39, 0.29) is 30.8 Å². The quantitative estimate of drug-likeness (QED) is 0.744. The molecular weight excluding hydrogens is 233 g/mol. The van der Waals surface area contributed by atoms with E-state index in [1.54, 1.807) is 0 Å². The van der Waals surface area contributed by atoms with Crippen molar-refractivity contribution in [3.05, 3.63) is 0 Å². The first-order valence-electron chi connectivity index (χ1n) is 6.06. The number of carbonyl (C=O) groups excluding carboxylic acids is 1. The Labute approximate surface area is 98.1 Å². The molecule has 3 atom stereocenters. The van der Waals surface area contributed by atoms with E-state index in [0.717, 1.165) is 19.3 Å². The lowest BCUT2D eigenvalue weighted by atomic mass is 9.88. The van der Waals surface area contributed by atoms with Gasteiger partial charge in [-0.2, -0.15) is 13.2 Å². The summed E-state index contributed by atoms with van der Waals surface area (Å²) in [6.45, 7) is 0.117. The molecule has 2 fully saturated rings. The zero-order valence-electron chi connectivity index (χ0n) is 9.52. The molecule has 6 heteroatoms. The van der Waals surface area contributed by atoms with Crippen molar-refractivity contribution in [2.24, 2.45) is 5.92 Å². The summed E-state index contributed by atoms with van der Waals surface area (Å²) >= 11 is 0. The normalized spacial score (nSPS) is 31.8. The molecular formula is C11H17F3N2O. The molecule has 98 valence electrons. The Kier molecular flexibility index (Phi) is 3.61. The summed E-state index contributed by atoms with van der Waals surface area (Å²) in [5.41, 5.74) is 0. The summed E-state index contributed by atoms with van der Waals surface area (Å²) in [5.74, 6) is -0.133. The number of hydrogen-bond donors (Lipinski definition) is 2. The molecule has 0 radical (unpaired) electrons. The minimum atomic E-state index is -4.13. The lowest BCUT2D eigenvalue weighted by Gasteiger charge is -2.19. The van der Waals surface area contributed by atoms with E-state index in [0.29, 0.717) is 6.04 Å². The Morgan fingerprint density at radius 3 is 2.65 bits per heavy atom. The maximum atomic E-state index is 11.9. The van der Waals surface area contributed by atoms with Crippen molar-refractivity contribution >= 4 is 5.91 Å². The molecule has 2 rings (SSSR count). The molecule has 0 saturated carbocycles. The van der Waals surface area contributed by atoms with Gasteiger partial charge in [0.05, 0.1) is 5.92 Å². The molecule has 3 unspecified atom stereocenters. The highest BCUT2D eigenvalue weighted by Crippen LogP contribution is 2.33. The minimum absolute atomic E-state index is 0.0382. The van der Waals surface area contributed by atoms with E-state index in [1.165, 1.54) is 0 Å². The van der Waals surface area contributed by atoms with Gasteiger partial charge in [0.15, 0.2) is 0 Å². The van der Waals surface area contributed by atoms with Crippen molar-refractivity contribution in [2.45, 2.75) is 50.4 Å². The minimum Gasteiger partial charge on any atom is -0.356 e. The Morgan fingerprint density at radius 2 is 2.12 bits per heavy atom. The average molecular weight is 250 g/mol. The van der Waals surface area contributed by atoms with Crippen LogP contribution in [0, 0.1) is 5.92 Å². The fraction of sp³-hybridized carbons (Fsp3) is 0.909. The van der Waals surface area contributed by atoms with Gasteiger partial charge in [0.1, 0.15) is 0 Å². The fourth-order valence-corrected chi connectivity index (χ4v) is 2.75. The number of carbonyl (C=O) groups is 1. The van der Waals surface area contributed by atoms with Gasteiger partial charge in [-0.15, -0.1) is 0 Å². The SMILES string of the molecule is O=C(NCCCC(F)(F)F)C1CC2CCC1N2. The number of rotatable bonds is 4. The van der Waals surface area contributed by atoms with Crippen LogP contribution in [0.4, 0.5) is 13.2 Å². The van der Waals surface area contributed by atoms with Crippen molar-refractivity contribution in [1.82, 2.24) is 10.6 Å². The van der Waals surface area contributed by atoms with Gasteiger partial charge in [-0.05, 0) is 25.7 Å². The van der Waals surface area contributed by atoms with E-state index in [9.17, 15) is 18.0 Å². The third-order valence-corrected chi connectivity index (χ3v) is 3.57. The van der Waals surface area contributed by atoms with Crippen molar-refractivity contribution < 1.29 is 18.0 Å². The first-order valence-corrected chi connectivity index (χ1v) is 6.06. The van der Waals surface area contributed by atoms with Crippen LogP contribution in [0.2, 0.25) is 0 Å². The van der Waals surface area contributed by atoms with Crippen LogP contribution in [-0.2, 0) is 4.79 Å². The molecule has 0 aliphatic carbocycles. The summed E-state index contributed by atoms with van der Waals surface area (Å²) in [7, 11) is 0. The second-order valence-corrected chi connectivity index (χ2v) is 4.90. The first kappa shape index (κ1) is 12.7. The van der Waals surface area contributed by atoms with Gasteiger partial charge in [0.2, 0.25) is 5.91 Å². The smallest absolute Gasteiger partial charge is 0.356 e. The third kappa shape index (κ3) is 3.34. The van der Waals surface area contributed by atoms with Crippen LogP contribution < -0.4 is 10.6 Å². The molecule has 2 aliphatic rings. The molecule has 0 aromatic carbocycles. The van der Waals surface area contributed by atoms with Crippen LogP contribution in [-0.4, -0.2) is 30.7 Å². The molecule has 2 aliphatic heterocycles. The molecule has 1 amide bonds. The molecule has 2 bridgehead atoms. The number of amides is 1. The maximum absolute atomic E-state index is 11.9. The Balaban J connectivity index is 1.65. The van der Waals surface area contributed by atoms with Gasteiger partial charge in [-0.3, -0.25) is 4.79 Å². The molecule has 2 saturated heterocycles. The van der Waals surface area contributed by atoms with Crippen molar-refractivity contribution in [2.75, 3.05) is 6.54 Å². The number of halogens is 3. The molecule has 0 spiro atoms. The average Bonchev–Trinajstić information content (AvgIpc) is 2.84. The van der Waals surface area contributed by atoms with Gasteiger partial charge in [0.25, 0.3) is 0 Å². The Morgan fingerprint density at radius 1 is 1.35 bits per heavy atom. The highest BCUT2D eigenvalue weighted by Gasteiger charge is 2.42. The van der Waals surface area contributed by atoms with E-state index in [2.05, 4.69) is 10.6 Å². The summed E-state index contributed by atoms with van der Waals surface area (Å²) < 4.78 is 35.6. The lowest BCUT2D eigenvalue weighted by Crippen LogP contribution is -2.38. The van der Waals surface area contributed by atoms with Crippen LogP contribution in [0.25, 0.3) is 0 Å². The zero-order valence-corrected chi connectivity index (χ0v) is 9.52. The van der Waals surface area contributed by atoms with Crippen molar-refractivity contribution in [3.8, 4) is 0 Å². The molecule has 2 N–H and O–H groups in total. The predicted octanol–water partition coefficient (Wildman–Crippen LogP) is 1.59. The van der Waals surface area contributed by atoms with Crippen LogP contribution in [0.3, 0.4) is 0 Å². The van der Waals surface area contributed by atoms with Gasteiger partial charge in [0, 0.05) is 25.0 Å². The van der Waals surface area contributed by atoms with Gasteiger partial charge >= 0.3 is 6.18 Å². The lowest BCUT2D eigenvalue weighted by molar-refractivity contribution is -0.136. The van der Waals surface area contributed by atoms with E-state index >= 15 is 0 Å². The van der Waals surface area contributed by atoms with Crippen molar-refractivity contribution in [3.63, 3.8) is 0 Å². The first-order chi connectivity index (χ1) is 7.96. The van der Waals surface area contributed by atoms with E-state index in [1.807, 2.05) is 0 Å². The van der Waals surface area contributed by atoms with Crippen LogP contribution in [0.1, 0.15) is 32.1 Å². The summed E-state index contributed by atoms with van der Waals surface area (Å²) in [6.07, 6.45) is -2.05. The Bertz CT molecular complexity index is 293. The number of hydrogen-bond acceptors (Lipinski definition) is 2. The second kappa shape index (κ2) is 4.84. The van der Waals surface area contributed by atoms with Crippen molar-refractivity contribution in [1.29, 1.82) is 0 Å². The van der Waals surface area contributed by atoms with Gasteiger partial charge in [-0.25, -0.2) is 0 Å². The standard InChI is InChI=1S/C11H17F3N2O/c12-11(13,14)4-1-5-15-10(17)8-6-7-2-3-9(8)16-7/h7-9,16H,1-6H2,(H,15,17). The molecule has 0 aromatic rings. The number of nitrogens with one attached hydrogen (secondary N) is 2. The highest BCUT2D eigenvalue weighted by atomic mass is 19.4. The van der Waals surface area contributed by atoms with Gasteiger partial charge in [-0.1, -0.05) is 0 Å². The van der Waals surface area contributed by atoms with E-state index < -0.39 is 12.6 Å². The van der Waals surface area contributed by atoms with Crippen LogP contribution in [0.15, 0.2) is 0 Å². The topological polar surface area (TPSA) is 41.1 Å². The number of alkyl halides is 3.